The predicted molar refractivity (Wildman–Crippen MR) is 133 cm³/mol. The van der Waals surface area contributed by atoms with Crippen LogP contribution < -0.4 is 0 Å². The van der Waals surface area contributed by atoms with Crippen LogP contribution in [-0.2, 0) is 17.5 Å². The van der Waals surface area contributed by atoms with Gasteiger partial charge in [0, 0.05) is 32.2 Å². The number of benzene rings is 2. The first kappa shape index (κ1) is 26.2. The minimum absolute atomic E-state index is 0.0220. The van der Waals surface area contributed by atoms with Crippen molar-refractivity contribution in [3.8, 4) is 0 Å². The third kappa shape index (κ3) is 8.73. The van der Waals surface area contributed by atoms with Gasteiger partial charge in [0.2, 0.25) is 0 Å². The standard InChI is InChI=1S/C26H35N2O5P/c29-25(19-22-11-5-3-6-12-22)16-15-24-21-27(20-23-13-7-4-8-14-23)26(30)28(24)17-9-1-2-10-18-34(31,32)33/h3-8,11-16,24-25,29H,1-2,9-10,17-21H2,(H2,31,32,33)/t24-,25?/m0/s1. The molecule has 8 heteroatoms. The van der Waals surface area contributed by atoms with Crippen molar-refractivity contribution in [1.29, 1.82) is 0 Å². The van der Waals surface area contributed by atoms with Gasteiger partial charge >= 0.3 is 13.6 Å². The molecule has 3 rings (SSSR count). The molecule has 0 spiro atoms. The molecular weight excluding hydrogens is 451 g/mol. The molecule has 1 heterocycles. The van der Waals surface area contributed by atoms with Gasteiger partial charge in [-0.05, 0) is 24.0 Å². The Morgan fingerprint density at radius 3 is 2.21 bits per heavy atom. The molecule has 2 amide bonds. The quantitative estimate of drug-likeness (QED) is 0.224. The number of amides is 2. The van der Waals surface area contributed by atoms with Crippen molar-refractivity contribution in [2.45, 2.75) is 50.8 Å². The summed E-state index contributed by atoms with van der Waals surface area (Å²) in [6.45, 7) is 1.67. The highest BCUT2D eigenvalue weighted by atomic mass is 31.2. The van der Waals surface area contributed by atoms with Gasteiger partial charge in [0.15, 0.2) is 0 Å². The average molecular weight is 487 g/mol. The smallest absolute Gasteiger partial charge is 0.325 e. The van der Waals surface area contributed by atoms with E-state index >= 15 is 0 Å². The largest absolute Gasteiger partial charge is 0.389 e. The number of carbonyl (C=O) groups is 1. The topological polar surface area (TPSA) is 101 Å². The Labute approximate surface area is 201 Å². The van der Waals surface area contributed by atoms with Gasteiger partial charge in [0.1, 0.15) is 0 Å². The molecule has 2 aromatic rings. The van der Waals surface area contributed by atoms with Crippen LogP contribution >= 0.6 is 7.60 Å². The van der Waals surface area contributed by atoms with E-state index in [0.717, 1.165) is 30.4 Å². The van der Waals surface area contributed by atoms with E-state index in [2.05, 4.69) is 0 Å². The van der Waals surface area contributed by atoms with Crippen LogP contribution in [0.15, 0.2) is 72.8 Å². The Morgan fingerprint density at radius 1 is 0.941 bits per heavy atom. The van der Waals surface area contributed by atoms with Gasteiger partial charge in [-0.2, -0.15) is 0 Å². The van der Waals surface area contributed by atoms with E-state index < -0.39 is 13.7 Å². The normalized spacial score (nSPS) is 17.6. The van der Waals surface area contributed by atoms with Crippen molar-refractivity contribution < 1.29 is 24.3 Å². The summed E-state index contributed by atoms with van der Waals surface area (Å²) in [7, 11) is -3.94. The van der Waals surface area contributed by atoms with Crippen LogP contribution in [0.3, 0.4) is 0 Å². The number of aliphatic hydroxyl groups is 1. The molecule has 0 bridgehead atoms. The lowest BCUT2D eigenvalue weighted by atomic mass is 10.1. The van der Waals surface area contributed by atoms with E-state index in [4.69, 9.17) is 9.79 Å². The summed E-state index contributed by atoms with van der Waals surface area (Å²) >= 11 is 0. The molecule has 184 valence electrons. The fourth-order valence-electron chi connectivity index (χ4n) is 4.22. The van der Waals surface area contributed by atoms with Crippen LogP contribution in [0.1, 0.15) is 36.8 Å². The van der Waals surface area contributed by atoms with Gasteiger partial charge in [-0.15, -0.1) is 0 Å². The molecule has 0 aliphatic carbocycles. The lowest BCUT2D eigenvalue weighted by Crippen LogP contribution is -2.35. The predicted octanol–water partition coefficient (Wildman–Crippen LogP) is 4.19. The third-order valence-corrected chi connectivity index (χ3v) is 6.88. The summed E-state index contributed by atoms with van der Waals surface area (Å²) < 4.78 is 11.0. The molecule has 7 nitrogen and oxygen atoms in total. The van der Waals surface area contributed by atoms with Gasteiger partial charge < -0.3 is 24.7 Å². The Morgan fingerprint density at radius 2 is 1.56 bits per heavy atom. The molecule has 0 radical (unpaired) electrons. The number of nitrogens with zero attached hydrogens (tertiary/aromatic N) is 2. The SMILES string of the molecule is O=C1N(Cc2ccccc2)C[C@H](C=CC(O)Cc2ccccc2)N1CCCCCCP(=O)(O)O. The first-order valence-electron chi connectivity index (χ1n) is 11.9. The van der Waals surface area contributed by atoms with E-state index in [1.165, 1.54) is 0 Å². The van der Waals surface area contributed by atoms with Crippen LogP contribution in [0.4, 0.5) is 4.79 Å². The second-order valence-electron chi connectivity index (χ2n) is 8.85. The molecule has 1 unspecified atom stereocenters. The van der Waals surface area contributed by atoms with Crippen LogP contribution in [0, 0.1) is 0 Å². The van der Waals surface area contributed by atoms with E-state index in [1.807, 2.05) is 76.5 Å². The van der Waals surface area contributed by atoms with Crippen LogP contribution in [-0.4, -0.2) is 62.1 Å². The molecule has 0 aromatic heterocycles. The summed E-state index contributed by atoms with van der Waals surface area (Å²) in [5.74, 6) is 0. The van der Waals surface area contributed by atoms with E-state index in [9.17, 15) is 14.5 Å². The van der Waals surface area contributed by atoms with E-state index in [0.29, 0.717) is 32.5 Å². The van der Waals surface area contributed by atoms with Crippen molar-refractivity contribution >= 4 is 13.6 Å². The zero-order chi connectivity index (χ0) is 24.4. The minimum Gasteiger partial charge on any atom is -0.389 e. The maximum absolute atomic E-state index is 13.2. The minimum atomic E-state index is -3.94. The first-order chi connectivity index (χ1) is 16.3. The van der Waals surface area contributed by atoms with Gasteiger partial charge in [0.05, 0.1) is 12.1 Å². The fourth-order valence-corrected chi connectivity index (χ4v) is 4.86. The Bertz CT molecular complexity index is 964. The van der Waals surface area contributed by atoms with Crippen molar-refractivity contribution in [1.82, 2.24) is 9.80 Å². The average Bonchev–Trinajstić information content (AvgIpc) is 3.09. The summed E-state index contributed by atoms with van der Waals surface area (Å²) in [5, 5.41) is 10.5. The molecule has 1 aliphatic rings. The maximum atomic E-state index is 13.2. The lowest BCUT2D eigenvalue weighted by molar-refractivity contribution is 0.186. The fraction of sp³-hybridized carbons (Fsp3) is 0.423. The zero-order valence-electron chi connectivity index (χ0n) is 19.4. The number of hydrogen-bond acceptors (Lipinski definition) is 3. The second-order valence-corrected chi connectivity index (χ2v) is 10.6. The highest BCUT2D eigenvalue weighted by Crippen LogP contribution is 2.35. The van der Waals surface area contributed by atoms with Crippen molar-refractivity contribution in [3.63, 3.8) is 0 Å². The van der Waals surface area contributed by atoms with E-state index in [1.54, 1.807) is 6.08 Å². The molecule has 1 fully saturated rings. The van der Waals surface area contributed by atoms with Crippen molar-refractivity contribution in [2.75, 3.05) is 19.3 Å². The molecule has 0 saturated carbocycles. The van der Waals surface area contributed by atoms with Crippen LogP contribution in [0.2, 0.25) is 0 Å². The lowest BCUT2D eigenvalue weighted by Gasteiger charge is -2.21. The number of unbranched alkanes of at least 4 members (excludes halogenated alkanes) is 3. The van der Waals surface area contributed by atoms with Crippen molar-refractivity contribution in [2.24, 2.45) is 0 Å². The molecule has 3 N–H and O–H groups in total. The third-order valence-electron chi connectivity index (χ3n) is 5.98. The highest BCUT2D eigenvalue weighted by molar-refractivity contribution is 7.51. The number of rotatable bonds is 13. The van der Waals surface area contributed by atoms with Gasteiger partial charge in [-0.25, -0.2) is 4.79 Å². The Kier molecular flexibility index (Phi) is 9.90. The molecule has 1 aliphatic heterocycles. The number of carbonyl (C=O) groups excluding carboxylic acids is 1. The van der Waals surface area contributed by atoms with Gasteiger partial charge in [-0.3, -0.25) is 4.57 Å². The monoisotopic (exact) mass is 486 g/mol. The summed E-state index contributed by atoms with van der Waals surface area (Å²) in [5.41, 5.74) is 2.13. The zero-order valence-corrected chi connectivity index (χ0v) is 20.3. The van der Waals surface area contributed by atoms with Gasteiger partial charge in [0.25, 0.3) is 0 Å². The number of hydrogen-bond donors (Lipinski definition) is 3. The molecule has 34 heavy (non-hydrogen) atoms. The van der Waals surface area contributed by atoms with E-state index in [-0.39, 0.29) is 18.2 Å². The van der Waals surface area contributed by atoms with Crippen molar-refractivity contribution in [3.05, 3.63) is 83.9 Å². The maximum Gasteiger partial charge on any atom is 0.325 e. The Hall–Kier alpha value is -2.44. The van der Waals surface area contributed by atoms with Gasteiger partial charge in [-0.1, -0.05) is 85.7 Å². The summed E-state index contributed by atoms with van der Waals surface area (Å²) in [6, 6.07) is 19.5. The first-order valence-corrected chi connectivity index (χ1v) is 13.7. The number of aliphatic hydroxyl groups excluding tert-OH is 1. The second kappa shape index (κ2) is 12.9. The Balaban J connectivity index is 1.58. The number of urea groups is 1. The molecule has 1 saturated heterocycles. The molecule has 2 aromatic carbocycles. The molecule has 2 atom stereocenters. The van der Waals surface area contributed by atoms with Crippen LogP contribution in [0.5, 0.6) is 0 Å². The van der Waals surface area contributed by atoms with Crippen LogP contribution in [0.25, 0.3) is 0 Å². The molecular formula is C26H35N2O5P. The highest BCUT2D eigenvalue weighted by Gasteiger charge is 2.35. The summed E-state index contributed by atoms with van der Waals surface area (Å²) in [4.78, 5) is 34.8. The summed E-state index contributed by atoms with van der Waals surface area (Å²) in [6.07, 6.45) is 6.28.